The molecule has 1 fully saturated rings. The van der Waals surface area contributed by atoms with Crippen molar-refractivity contribution < 1.29 is 23.9 Å². The molecular weight excluding hydrogens is 426 g/mol. The van der Waals surface area contributed by atoms with E-state index in [9.17, 15) is 19.2 Å². The van der Waals surface area contributed by atoms with Crippen LogP contribution in [0.25, 0.3) is 10.9 Å². The van der Waals surface area contributed by atoms with Crippen molar-refractivity contribution in [2.75, 3.05) is 13.7 Å². The van der Waals surface area contributed by atoms with E-state index < -0.39 is 29.8 Å². The number of hydrogen-bond donors (Lipinski definition) is 5. The summed E-state index contributed by atoms with van der Waals surface area (Å²) in [5, 5.41) is 8.84. The van der Waals surface area contributed by atoms with E-state index in [1.54, 1.807) is 19.2 Å². The van der Waals surface area contributed by atoms with E-state index in [4.69, 9.17) is 10.5 Å². The van der Waals surface area contributed by atoms with Gasteiger partial charge >= 0.3 is 0 Å². The predicted molar refractivity (Wildman–Crippen MR) is 122 cm³/mol. The first-order chi connectivity index (χ1) is 15.7. The summed E-state index contributed by atoms with van der Waals surface area (Å²) >= 11 is 0. The molecule has 0 aliphatic carbocycles. The molecule has 4 amide bonds. The Bertz CT molecular complexity index is 1050. The number of carbonyl (C=O) groups is 4. The molecule has 6 N–H and O–H groups in total. The second-order valence-corrected chi connectivity index (χ2v) is 8.74. The van der Waals surface area contributed by atoms with Crippen molar-refractivity contribution in [3.8, 4) is 5.75 Å². The van der Waals surface area contributed by atoms with Crippen LogP contribution in [0.15, 0.2) is 24.3 Å². The van der Waals surface area contributed by atoms with Gasteiger partial charge in [0.15, 0.2) is 0 Å². The van der Waals surface area contributed by atoms with E-state index in [1.807, 2.05) is 26.0 Å². The van der Waals surface area contributed by atoms with Crippen LogP contribution < -0.4 is 26.4 Å². The molecule has 10 nitrogen and oxygen atoms in total. The Morgan fingerprint density at radius 1 is 1.21 bits per heavy atom. The molecule has 1 aromatic heterocycles. The minimum absolute atomic E-state index is 0.0940. The van der Waals surface area contributed by atoms with Gasteiger partial charge in [-0.3, -0.25) is 19.2 Å². The molecule has 1 unspecified atom stereocenters. The molecule has 1 saturated heterocycles. The van der Waals surface area contributed by atoms with E-state index >= 15 is 0 Å². The van der Waals surface area contributed by atoms with Crippen molar-refractivity contribution in [1.29, 1.82) is 0 Å². The summed E-state index contributed by atoms with van der Waals surface area (Å²) in [6.07, 6.45) is 1.06. The number of nitrogens with one attached hydrogen (secondary N) is 4. The number of methoxy groups -OCH3 is 1. The highest BCUT2D eigenvalue weighted by atomic mass is 16.5. The maximum absolute atomic E-state index is 13.0. The molecule has 3 atom stereocenters. The van der Waals surface area contributed by atoms with Gasteiger partial charge in [0.25, 0.3) is 5.91 Å². The maximum atomic E-state index is 13.0. The first-order valence-electron chi connectivity index (χ1n) is 11.0. The molecule has 178 valence electrons. The van der Waals surface area contributed by atoms with Crippen molar-refractivity contribution >= 4 is 34.5 Å². The van der Waals surface area contributed by atoms with Gasteiger partial charge in [0.05, 0.1) is 7.11 Å². The molecule has 3 rings (SSSR count). The number of amides is 4. The van der Waals surface area contributed by atoms with Gasteiger partial charge < -0.3 is 31.4 Å². The zero-order chi connectivity index (χ0) is 24.1. The third-order valence-corrected chi connectivity index (χ3v) is 5.76. The number of rotatable bonds is 10. The minimum atomic E-state index is -1.00. The molecule has 0 spiro atoms. The summed E-state index contributed by atoms with van der Waals surface area (Å²) in [6, 6.07) is 5.20. The molecule has 1 aliphatic heterocycles. The lowest BCUT2D eigenvalue weighted by molar-refractivity contribution is -0.130. The summed E-state index contributed by atoms with van der Waals surface area (Å²) in [5.41, 5.74) is 6.50. The van der Waals surface area contributed by atoms with Crippen molar-refractivity contribution in [3.05, 3.63) is 30.0 Å². The monoisotopic (exact) mass is 457 g/mol. The Hall–Kier alpha value is -3.56. The molecule has 0 bridgehead atoms. The molecule has 33 heavy (non-hydrogen) atoms. The second-order valence-electron chi connectivity index (χ2n) is 8.74. The predicted octanol–water partition coefficient (Wildman–Crippen LogP) is 0.817. The number of benzene rings is 1. The SMILES string of the molecule is COc1cccc2[nH]c(C(=O)NC(CC(C)C)C(=O)N[C@@H](C[C@@H]3CCNC3=O)C(N)=O)cc12. The Kier molecular flexibility index (Phi) is 7.57. The van der Waals surface area contributed by atoms with Gasteiger partial charge in [-0.1, -0.05) is 19.9 Å². The third kappa shape index (κ3) is 5.82. The number of carbonyl (C=O) groups excluding carboxylic acids is 4. The summed E-state index contributed by atoms with van der Waals surface area (Å²) in [7, 11) is 1.55. The minimum Gasteiger partial charge on any atom is -0.496 e. The number of hydrogen-bond acceptors (Lipinski definition) is 5. The Morgan fingerprint density at radius 3 is 2.58 bits per heavy atom. The van der Waals surface area contributed by atoms with Crippen LogP contribution in [0.2, 0.25) is 0 Å². The fourth-order valence-electron chi connectivity index (χ4n) is 4.04. The normalized spacial score (nSPS) is 17.5. The first-order valence-corrected chi connectivity index (χ1v) is 11.0. The van der Waals surface area contributed by atoms with Gasteiger partial charge in [0.1, 0.15) is 23.5 Å². The topological polar surface area (TPSA) is 155 Å². The molecule has 2 aromatic rings. The molecule has 1 aliphatic rings. The van der Waals surface area contributed by atoms with Crippen LogP contribution in [-0.2, 0) is 14.4 Å². The zero-order valence-electron chi connectivity index (χ0n) is 19.1. The number of nitrogens with two attached hydrogens (primary N) is 1. The molecule has 0 saturated carbocycles. The van der Waals surface area contributed by atoms with E-state index in [0.29, 0.717) is 25.1 Å². The van der Waals surface area contributed by atoms with Crippen LogP contribution in [0.4, 0.5) is 0 Å². The van der Waals surface area contributed by atoms with Crippen LogP contribution in [0.3, 0.4) is 0 Å². The average molecular weight is 458 g/mol. The quantitative estimate of drug-likeness (QED) is 0.357. The van der Waals surface area contributed by atoms with Gasteiger partial charge in [-0.25, -0.2) is 0 Å². The van der Waals surface area contributed by atoms with Crippen molar-refractivity contribution in [2.24, 2.45) is 17.6 Å². The smallest absolute Gasteiger partial charge is 0.268 e. The number of H-pyrrole nitrogens is 1. The second kappa shape index (κ2) is 10.4. The molecule has 1 aromatic carbocycles. The van der Waals surface area contributed by atoms with Gasteiger partial charge in [-0.2, -0.15) is 0 Å². The lowest BCUT2D eigenvalue weighted by Crippen LogP contribution is -2.54. The Labute approximate surface area is 192 Å². The third-order valence-electron chi connectivity index (χ3n) is 5.76. The lowest BCUT2D eigenvalue weighted by atomic mass is 9.97. The van der Waals surface area contributed by atoms with Gasteiger partial charge in [0.2, 0.25) is 17.7 Å². The number of aromatic nitrogens is 1. The van der Waals surface area contributed by atoms with E-state index in [1.165, 1.54) is 0 Å². The number of aromatic amines is 1. The van der Waals surface area contributed by atoms with E-state index in [2.05, 4.69) is 20.9 Å². The molecule has 0 radical (unpaired) electrons. The van der Waals surface area contributed by atoms with Crippen LogP contribution in [0, 0.1) is 11.8 Å². The van der Waals surface area contributed by atoms with Crippen LogP contribution >= 0.6 is 0 Å². The van der Waals surface area contributed by atoms with Crippen LogP contribution in [-0.4, -0.2) is 54.4 Å². The fourth-order valence-corrected chi connectivity index (χ4v) is 4.04. The molecule has 10 heteroatoms. The standard InChI is InChI=1S/C23H31N5O5/c1-12(2)9-17(22(31)27-16(20(24)29)10-13-7-8-25-21(13)30)28-23(32)18-11-14-15(26-18)5-4-6-19(14)33-3/h4-6,11-13,16-17,26H,7-10H2,1-3H3,(H2,24,29)(H,25,30)(H,27,31)(H,28,32)/t13-,16-,17?/m0/s1. The van der Waals surface area contributed by atoms with Gasteiger partial charge in [-0.05, 0) is 43.4 Å². The van der Waals surface area contributed by atoms with Crippen molar-refractivity contribution in [2.45, 2.75) is 45.2 Å². The maximum Gasteiger partial charge on any atom is 0.268 e. The van der Waals surface area contributed by atoms with E-state index in [0.717, 1.165) is 10.9 Å². The summed E-state index contributed by atoms with van der Waals surface area (Å²) in [5.74, 6) is -1.52. The number of primary amides is 1. The van der Waals surface area contributed by atoms with Crippen molar-refractivity contribution in [1.82, 2.24) is 20.9 Å². The highest BCUT2D eigenvalue weighted by molar-refractivity contribution is 6.01. The summed E-state index contributed by atoms with van der Waals surface area (Å²) in [6.45, 7) is 4.38. The number of fused-ring (bicyclic) bond motifs is 1. The molecule has 2 heterocycles. The fraction of sp³-hybridized carbons (Fsp3) is 0.478. The summed E-state index contributed by atoms with van der Waals surface area (Å²) < 4.78 is 5.33. The van der Waals surface area contributed by atoms with Crippen molar-refractivity contribution in [3.63, 3.8) is 0 Å². The number of ether oxygens (including phenoxy) is 1. The average Bonchev–Trinajstić information content (AvgIpc) is 3.38. The van der Waals surface area contributed by atoms with E-state index in [-0.39, 0.29) is 29.9 Å². The highest BCUT2D eigenvalue weighted by Gasteiger charge is 2.32. The highest BCUT2D eigenvalue weighted by Crippen LogP contribution is 2.26. The van der Waals surface area contributed by atoms with Crippen LogP contribution in [0.1, 0.15) is 43.6 Å². The first kappa shape index (κ1) is 24.1. The lowest BCUT2D eigenvalue weighted by Gasteiger charge is -2.24. The molecular formula is C23H31N5O5. The largest absolute Gasteiger partial charge is 0.496 e. The zero-order valence-corrected chi connectivity index (χ0v) is 19.1. The Morgan fingerprint density at radius 2 is 1.97 bits per heavy atom. The van der Waals surface area contributed by atoms with Gasteiger partial charge in [-0.15, -0.1) is 0 Å². The Balaban J connectivity index is 1.74. The summed E-state index contributed by atoms with van der Waals surface area (Å²) in [4.78, 5) is 52.8. The van der Waals surface area contributed by atoms with Crippen LogP contribution in [0.5, 0.6) is 5.75 Å². The van der Waals surface area contributed by atoms with Gasteiger partial charge in [0, 0.05) is 23.4 Å².